The van der Waals surface area contributed by atoms with E-state index in [1.165, 1.54) is 5.56 Å². The van der Waals surface area contributed by atoms with Crippen LogP contribution in [-0.4, -0.2) is 54.0 Å². The number of nitrogens with zero attached hydrogens (tertiary/aromatic N) is 3. The zero-order valence-corrected chi connectivity index (χ0v) is 31.3. The van der Waals surface area contributed by atoms with Gasteiger partial charge in [0.25, 0.3) is 0 Å². The van der Waals surface area contributed by atoms with Gasteiger partial charge in [-0.05, 0) is 83.8 Å². The summed E-state index contributed by atoms with van der Waals surface area (Å²) in [5, 5.41) is 1.08. The number of benzene rings is 4. The van der Waals surface area contributed by atoms with E-state index in [4.69, 9.17) is 42.1 Å². The molecule has 1 aliphatic rings. The normalized spacial score (nSPS) is 13.0. The fourth-order valence-electron chi connectivity index (χ4n) is 5.61. The molecule has 0 N–H and O–H groups in total. The SMILES string of the molecule is COc1ccc(OCc2ccc(CN3CCN(C(=O)C=Cc4cc(C)c(Oc5ccc(OCc6ccccc6Cl)cn5)c(Cl)c4)CC3)cc2)cc1.Cl. The third-order valence-corrected chi connectivity index (χ3v) is 9.17. The van der Waals surface area contributed by atoms with E-state index in [0.29, 0.717) is 53.7 Å². The summed E-state index contributed by atoms with van der Waals surface area (Å²) in [5.74, 6) is 3.07. The largest absolute Gasteiger partial charge is 0.497 e. The van der Waals surface area contributed by atoms with Gasteiger partial charge in [0, 0.05) is 55.5 Å². The number of methoxy groups -OCH3 is 1. The van der Waals surface area contributed by atoms with Crippen LogP contribution in [0.2, 0.25) is 10.0 Å². The van der Waals surface area contributed by atoms with Crippen LogP contribution in [0.15, 0.2) is 109 Å². The maximum atomic E-state index is 13.0. The predicted octanol–water partition coefficient (Wildman–Crippen LogP) is 9.44. The molecule has 0 saturated carbocycles. The molecule has 11 heteroatoms. The van der Waals surface area contributed by atoms with Gasteiger partial charge in [0.1, 0.15) is 30.5 Å². The van der Waals surface area contributed by atoms with Crippen molar-refractivity contribution >= 4 is 47.6 Å². The van der Waals surface area contributed by atoms with Gasteiger partial charge in [-0.2, -0.15) is 0 Å². The highest BCUT2D eigenvalue weighted by Crippen LogP contribution is 2.34. The summed E-state index contributed by atoms with van der Waals surface area (Å²) in [7, 11) is 1.65. The van der Waals surface area contributed by atoms with E-state index in [2.05, 4.69) is 34.1 Å². The van der Waals surface area contributed by atoms with Crippen LogP contribution in [0.5, 0.6) is 28.9 Å². The van der Waals surface area contributed by atoms with E-state index in [9.17, 15) is 4.79 Å². The van der Waals surface area contributed by atoms with E-state index >= 15 is 0 Å². The highest BCUT2D eigenvalue weighted by molar-refractivity contribution is 6.32. The topological polar surface area (TPSA) is 73.4 Å². The highest BCUT2D eigenvalue weighted by Gasteiger charge is 2.20. The second-order valence-electron chi connectivity index (χ2n) is 12.2. The van der Waals surface area contributed by atoms with Crippen LogP contribution in [0.1, 0.15) is 27.8 Å². The summed E-state index contributed by atoms with van der Waals surface area (Å²) in [6.07, 6.45) is 5.00. The Morgan fingerprint density at radius 1 is 0.788 bits per heavy atom. The van der Waals surface area contributed by atoms with Gasteiger partial charge in [0.05, 0.1) is 18.3 Å². The van der Waals surface area contributed by atoms with Crippen molar-refractivity contribution in [2.45, 2.75) is 26.7 Å². The second-order valence-corrected chi connectivity index (χ2v) is 13.0. The fourth-order valence-corrected chi connectivity index (χ4v) is 6.12. The summed E-state index contributed by atoms with van der Waals surface area (Å²) in [6, 6.07) is 30.8. The molecule has 0 spiro atoms. The average molecular weight is 761 g/mol. The number of aryl methyl sites for hydroxylation is 1. The first kappa shape index (κ1) is 38.5. The first-order valence-corrected chi connectivity index (χ1v) is 17.4. The van der Waals surface area contributed by atoms with Crippen LogP contribution in [-0.2, 0) is 24.6 Å². The summed E-state index contributed by atoms with van der Waals surface area (Å²) >= 11 is 12.8. The highest BCUT2D eigenvalue weighted by atomic mass is 35.5. The maximum Gasteiger partial charge on any atom is 0.246 e. The zero-order valence-electron chi connectivity index (χ0n) is 29.0. The maximum absolute atomic E-state index is 13.0. The van der Waals surface area contributed by atoms with Crippen molar-refractivity contribution in [1.29, 1.82) is 0 Å². The molecular formula is C41H40Cl3N3O5. The van der Waals surface area contributed by atoms with Crippen LogP contribution in [0.3, 0.4) is 0 Å². The molecule has 52 heavy (non-hydrogen) atoms. The van der Waals surface area contributed by atoms with Crippen molar-refractivity contribution in [3.05, 3.63) is 147 Å². The number of rotatable bonds is 13. The quantitative estimate of drug-likeness (QED) is 0.111. The minimum atomic E-state index is -0.0222. The molecule has 0 aliphatic carbocycles. The predicted molar refractivity (Wildman–Crippen MR) is 208 cm³/mol. The summed E-state index contributed by atoms with van der Waals surface area (Å²) < 4.78 is 22.9. The molecule has 5 aromatic rings. The Morgan fingerprint density at radius 3 is 2.13 bits per heavy atom. The number of aromatic nitrogens is 1. The Kier molecular flexibility index (Phi) is 13.8. The summed E-state index contributed by atoms with van der Waals surface area (Å²) in [4.78, 5) is 21.7. The van der Waals surface area contributed by atoms with Crippen LogP contribution < -0.4 is 18.9 Å². The standard InChI is InChI=1S/C41H39Cl2N3O5.ClH/c1-29-23-32(24-38(43)41(29)51-39-17-16-36(25-44-39)50-28-33-5-3-4-6-37(33)42)11-18-40(47)46-21-19-45(20-22-46)26-30-7-9-31(10-8-30)27-49-35-14-12-34(48-2)13-15-35;/h3-18,23-25H,19-22,26-28H2,1-2H3;1H. The number of carbonyl (C=O) groups is 1. The Balaban J connectivity index is 0.00000523. The second kappa shape index (κ2) is 18.7. The monoisotopic (exact) mass is 759 g/mol. The molecule has 2 heterocycles. The summed E-state index contributed by atoms with van der Waals surface area (Å²) in [5.41, 5.74) is 4.86. The molecule has 1 aromatic heterocycles. The molecule has 270 valence electrons. The molecule has 1 fully saturated rings. The Hall–Kier alpha value is -4.73. The number of halogens is 3. The Morgan fingerprint density at radius 2 is 1.46 bits per heavy atom. The average Bonchev–Trinajstić information content (AvgIpc) is 3.15. The van der Waals surface area contributed by atoms with E-state index in [1.54, 1.807) is 43.7 Å². The minimum absolute atomic E-state index is 0. The molecule has 0 atom stereocenters. The lowest BCUT2D eigenvalue weighted by molar-refractivity contribution is -0.127. The lowest BCUT2D eigenvalue weighted by atomic mass is 10.1. The van der Waals surface area contributed by atoms with Crippen molar-refractivity contribution in [2.75, 3.05) is 33.3 Å². The molecule has 0 radical (unpaired) electrons. The number of carbonyl (C=O) groups excluding carboxylic acids is 1. The summed E-state index contributed by atoms with van der Waals surface area (Å²) in [6.45, 7) is 6.52. The van der Waals surface area contributed by atoms with E-state index in [0.717, 1.165) is 53.4 Å². The number of hydrogen-bond donors (Lipinski definition) is 0. The van der Waals surface area contributed by atoms with Crippen molar-refractivity contribution in [2.24, 2.45) is 0 Å². The number of hydrogen-bond acceptors (Lipinski definition) is 7. The van der Waals surface area contributed by atoms with Crippen LogP contribution in [0, 0.1) is 6.92 Å². The number of ether oxygens (including phenoxy) is 4. The van der Waals surface area contributed by atoms with E-state index in [-0.39, 0.29) is 18.3 Å². The van der Waals surface area contributed by atoms with Crippen molar-refractivity contribution in [1.82, 2.24) is 14.8 Å². The molecule has 8 nitrogen and oxygen atoms in total. The van der Waals surface area contributed by atoms with Crippen LogP contribution >= 0.6 is 35.6 Å². The van der Waals surface area contributed by atoms with Crippen molar-refractivity contribution < 1.29 is 23.7 Å². The molecular weight excluding hydrogens is 721 g/mol. The lowest BCUT2D eigenvalue weighted by Crippen LogP contribution is -2.47. The molecule has 6 rings (SSSR count). The zero-order chi connectivity index (χ0) is 35.6. The van der Waals surface area contributed by atoms with Crippen molar-refractivity contribution in [3.8, 4) is 28.9 Å². The Labute approximate surface area is 320 Å². The van der Waals surface area contributed by atoms with Gasteiger partial charge in [0.2, 0.25) is 11.8 Å². The Bertz CT molecular complexity index is 1920. The molecule has 4 aromatic carbocycles. The molecule has 1 aliphatic heterocycles. The van der Waals surface area contributed by atoms with Crippen LogP contribution in [0.4, 0.5) is 0 Å². The van der Waals surface area contributed by atoms with Gasteiger partial charge in [-0.3, -0.25) is 9.69 Å². The van der Waals surface area contributed by atoms with Gasteiger partial charge in [0.15, 0.2) is 5.75 Å². The van der Waals surface area contributed by atoms with Gasteiger partial charge < -0.3 is 23.8 Å². The fraction of sp³-hybridized carbons (Fsp3) is 0.220. The molecule has 1 amide bonds. The van der Waals surface area contributed by atoms with E-state index < -0.39 is 0 Å². The van der Waals surface area contributed by atoms with Gasteiger partial charge >= 0.3 is 0 Å². The number of amides is 1. The lowest BCUT2D eigenvalue weighted by Gasteiger charge is -2.34. The molecule has 0 bridgehead atoms. The van der Waals surface area contributed by atoms with Gasteiger partial charge in [-0.1, -0.05) is 65.7 Å². The first-order chi connectivity index (χ1) is 24.8. The van der Waals surface area contributed by atoms with Gasteiger partial charge in [-0.15, -0.1) is 12.4 Å². The smallest absolute Gasteiger partial charge is 0.246 e. The van der Waals surface area contributed by atoms with Gasteiger partial charge in [-0.25, -0.2) is 4.98 Å². The first-order valence-electron chi connectivity index (χ1n) is 16.7. The number of pyridine rings is 1. The molecule has 1 saturated heterocycles. The molecule has 0 unspecified atom stereocenters. The number of piperazine rings is 1. The van der Waals surface area contributed by atoms with E-state index in [1.807, 2.05) is 66.4 Å². The third-order valence-electron chi connectivity index (χ3n) is 8.52. The van der Waals surface area contributed by atoms with Crippen LogP contribution in [0.25, 0.3) is 6.08 Å². The van der Waals surface area contributed by atoms with Crippen molar-refractivity contribution in [3.63, 3.8) is 0 Å². The third kappa shape index (κ3) is 10.7. The minimum Gasteiger partial charge on any atom is -0.497 e.